The Morgan fingerprint density at radius 3 is 1.78 bits per heavy atom. The molecule has 0 fully saturated rings. The normalized spacial score (nSPS) is 18.0. The molecule has 0 saturated heterocycles. The molecule has 4 heteroatoms. The van der Waals surface area contributed by atoms with Crippen molar-refractivity contribution in [3.05, 3.63) is 0 Å². The number of likely N-dealkylation sites (N-methyl/N-ethyl adjacent to an activating group) is 1. The largest absolute Gasteiger partial charge is 0.386 e. The molecule has 0 spiro atoms. The minimum atomic E-state index is -1.66. The Hall–Kier alpha value is -0.160. The van der Waals surface area contributed by atoms with Crippen molar-refractivity contribution in [3.8, 4) is 0 Å². The van der Waals surface area contributed by atoms with E-state index in [-0.39, 0.29) is 6.04 Å². The van der Waals surface area contributed by atoms with Gasteiger partial charge >= 0.3 is 0 Å². The lowest BCUT2D eigenvalue weighted by atomic mass is 10.2. The van der Waals surface area contributed by atoms with Gasteiger partial charge in [0.05, 0.1) is 0 Å². The second-order valence-electron chi connectivity index (χ2n) is 1.98. The molecule has 0 aliphatic rings. The van der Waals surface area contributed by atoms with E-state index >= 15 is 0 Å². The Labute approximate surface area is 54.1 Å². The lowest BCUT2D eigenvalue weighted by Crippen LogP contribution is -2.42. The summed E-state index contributed by atoms with van der Waals surface area (Å²) in [7, 11) is 1.64. The van der Waals surface area contributed by atoms with E-state index in [0.717, 1.165) is 0 Å². The minimum Gasteiger partial charge on any atom is -0.386 e. The Morgan fingerprint density at radius 1 is 1.22 bits per heavy atom. The number of hydrogen-bond donors (Lipinski definition) is 4. The maximum atomic E-state index is 8.83. The highest BCUT2D eigenvalue weighted by Gasteiger charge is 2.18. The topological polar surface area (TPSA) is 72.7 Å². The van der Waals surface area contributed by atoms with E-state index in [1.807, 2.05) is 0 Å². The molecule has 4 nitrogen and oxygen atoms in total. The van der Waals surface area contributed by atoms with Gasteiger partial charge in [0.25, 0.3) is 0 Å². The molecule has 0 aliphatic heterocycles. The average molecular weight is 135 g/mol. The molecule has 0 aromatic carbocycles. The summed E-state index contributed by atoms with van der Waals surface area (Å²) < 4.78 is 0. The molecule has 0 radical (unpaired) electrons. The zero-order valence-corrected chi connectivity index (χ0v) is 5.57. The van der Waals surface area contributed by atoms with Crippen LogP contribution in [-0.2, 0) is 0 Å². The fraction of sp³-hybridized carbons (Fsp3) is 1.00. The van der Waals surface area contributed by atoms with Crippen LogP contribution < -0.4 is 5.32 Å². The summed E-state index contributed by atoms with van der Waals surface area (Å²) in [5.74, 6) is 0. The van der Waals surface area contributed by atoms with Crippen LogP contribution in [0.5, 0.6) is 0 Å². The van der Waals surface area contributed by atoms with Crippen molar-refractivity contribution in [1.82, 2.24) is 5.32 Å². The Kier molecular flexibility index (Phi) is 3.72. The molecule has 2 unspecified atom stereocenters. The number of rotatable bonds is 3. The van der Waals surface area contributed by atoms with E-state index in [4.69, 9.17) is 15.3 Å². The van der Waals surface area contributed by atoms with Gasteiger partial charge < -0.3 is 20.6 Å². The second kappa shape index (κ2) is 3.79. The van der Waals surface area contributed by atoms with Gasteiger partial charge in [-0.25, -0.2) is 0 Å². The highest BCUT2D eigenvalue weighted by molar-refractivity contribution is 4.69. The predicted octanol–water partition coefficient (Wildman–Crippen LogP) is -1.73. The number of nitrogens with one attached hydrogen (secondary N) is 1. The Balaban J connectivity index is 3.58. The lowest BCUT2D eigenvalue weighted by molar-refractivity contribution is -0.130. The molecular formula is C5H13NO3. The predicted molar refractivity (Wildman–Crippen MR) is 32.8 cm³/mol. The van der Waals surface area contributed by atoms with Crippen LogP contribution in [0.3, 0.4) is 0 Å². The molecule has 0 aromatic rings. The van der Waals surface area contributed by atoms with E-state index in [1.165, 1.54) is 0 Å². The molecule has 0 aromatic heterocycles. The first-order valence-electron chi connectivity index (χ1n) is 2.81. The zero-order chi connectivity index (χ0) is 7.44. The smallest absolute Gasteiger partial charge is 0.179 e. The van der Waals surface area contributed by atoms with Gasteiger partial charge in [0.1, 0.15) is 6.10 Å². The monoisotopic (exact) mass is 135 g/mol. The van der Waals surface area contributed by atoms with Crippen LogP contribution in [0.1, 0.15) is 6.92 Å². The molecule has 0 rings (SSSR count). The van der Waals surface area contributed by atoms with E-state index in [0.29, 0.717) is 0 Å². The van der Waals surface area contributed by atoms with Crippen molar-refractivity contribution >= 4 is 0 Å². The standard InChI is InChI=1S/C5H13NO3/c1-3(6-2)4(7)5(8)9/h3-9H,1-2H3. The van der Waals surface area contributed by atoms with Crippen LogP contribution in [0.15, 0.2) is 0 Å². The quantitative estimate of drug-likeness (QED) is 0.347. The molecule has 2 atom stereocenters. The molecule has 56 valence electrons. The van der Waals surface area contributed by atoms with E-state index in [2.05, 4.69) is 5.32 Å². The summed E-state index contributed by atoms with van der Waals surface area (Å²) in [6.45, 7) is 1.66. The van der Waals surface area contributed by atoms with Crippen molar-refractivity contribution in [3.63, 3.8) is 0 Å². The third kappa shape index (κ3) is 2.76. The summed E-state index contributed by atoms with van der Waals surface area (Å²) in [6.07, 6.45) is -2.78. The fourth-order valence-corrected chi connectivity index (χ4v) is 0.429. The number of aliphatic hydroxyl groups is 3. The van der Waals surface area contributed by atoms with Crippen molar-refractivity contribution in [2.45, 2.75) is 25.4 Å². The second-order valence-corrected chi connectivity index (χ2v) is 1.98. The van der Waals surface area contributed by atoms with Gasteiger partial charge in [0.2, 0.25) is 0 Å². The van der Waals surface area contributed by atoms with Gasteiger partial charge in [0.15, 0.2) is 6.29 Å². The molecule has 0 heterocycles. The van der Waals surface area contributed by atoms with E-state index in [1.54, 1.807) is 14.0 Å². The van der Waals surface area contributed by atoms with Crippen LogP contribution in [-0.4, -0.2) is 40.8 Å². The van der Waals surface area contributed by atoms with Gasteiger partial charge in [-0.05, 0) is 14.0 Å². The van der Waals surface area contributed by atoms with E-state index in [9.17, 15) is 0 Å². The minimum absolute atomic E-state index is 0.301. The van der Waals surface area contributed by atoms with Crippen LogP contribution in [0.4, 0.5) is 0 Å². The molecule has 4 N–H and O–H groups in total. The summed E-state index contributed by atoms with van der Waals surface area (Å²) in [5.41, 5.74) is 0. The van der Waals surface area contributed by atoms with Crippen molar-refractivity contribution in [2.24, 2.45) is 0 Å². The summed E-state index contributed by atoms with van der Waals surface area (Å²) in [4.78, 5) is 0. The first-order valence-corrected chi connectivity index (χ1v) is 2.81. The highest BCUT2D eigenvalue weighted by atomic mass is 16.5. The Bertz CT molecular complexity index is 76.6. The third-order valence-electron chi connectivity index (χ3n) is 1.27. The average Bonchev–Trinajstić information content (AvgIpc) is 1.84. The number of hydrogen-bond acceptors (Lipinski definition) is 4. The fourth-order valence-electron chi connectivity index (χ4n) is 0.429. The molecule has 0 saturated carbocycles. The summed E-state index contributed by atoms with van der Waals surface area (Å²) in [6, 6.07) is -0.301. The van der Waals surface area contributed by atoms with Crippen LogP contribution in [0.2, 0.25) is 0 Å². The molecular weight excluding hydrogens is 122 g/mol. The lowest BCUT2D eigenvalue weighted by Gasteiger charge is -2.18. The highest BCUT2D eigenvalue weighted by Crippen LogP contribution is 1.94. The van der Waals surface area contributed by atoms with Crippen molar-refractivity contribution < 1.29 is 15.3 Å². The summed E-state index contributed by atoms with van der Waals surface area (Å²) >= 11 is 0. The van der Waals surface area contributed by atoms with Crippen LogP contribution in [0, 0.1) is 0 Å². The van der Waals surface area contributed by atoms with Crippen LogP contribution >= 0.6 is 0 Å². The van der Waals surface area contributed by atoms with Gasteiger partial charge in [-0.3, -0.25) is 0 Å². The van der Waals surface area contributed by atoms with Crippen molar-refractivity contribution in [2.75, 3.05) is 7.05 Å². The van der Waals surface area contributed by atoms with Gasteiger partial charge in [-0.1, -0.05) is 0 Å². The SMILES string of the molecule is CNC(C)C(O)C(O)O. The molecule has 0 amide bonds. The molecule has 0 aliphatic carbocycles. The summed E-state index contributed by atoms with van der Waals surface area (Å²) in [5, 5.41) is 28.3. The molecule has 9 heavy (non-hydrogen) atoms. The van der Waals surface area contributed by atoms with Gasteiger partial charge in [0, 0.05) is 6.04 Å². The zero-order valence-electron chi connectivity index (χ0n) is 5.57. The first kappa shape index (κ1) is 8.84. The van der Waals surface area contributed by atoms with Crippen molar-refractivity contribution in [1.29, 1.82) is 0 Å². The maximum absolute atomic E-state index is 8.83. The molecule has 0 bridgehead atoms. The number of aliphatic hydroxyl groups excluding tert-OH is 2. The van der Waals surface area contributed by atoms with Crippen LogP contribution in [0.25, 0.3) is 0 Å². The maximum Gasteiger partial charge on any atom is 0.179 e. The van der Waals surface area contributed by atoms with Gasteiger partial charge in [-0.2, -0.15) is 0 Å². The van der Waals surface area contributed by atoms with E-state index < -0.39 is 12.4 Å². The first-order chi connectivity index (χ1) is 4.09. The van der Waals surface area contributed by atoms with Gasteiger partial charge in [-0.15, -0.1) is 0 Å². The Morgan fingerprint density at radius 2 is 1.67 bits per heavy atom. The third-order valence-corrected chi connectivity index (χ3v) is 1.27.